The molecule has 0 spiro atoms. The minimum atomic E-state index is -0.327. The third-order valence-corrected chi connectivity index (χ3v) is 1.57. The van der Waals surface area contributed by atoms with Crippen LogP contribution in [0.1, 0.15) is 13.8 Å². The van der Waals surface area contributed by atoms with E-state index in [1.54, 1.807) is 6.92 Å². The van der Waals surface area contributed by atoms with E-state index >= 15 is 0 Å². The van der Waals surface area contributed by atoms with E-state index in [-0.39, 0.29) is 10.8 Å². The first-order chi connectivity index (χ1) is 4.59. The lowest BCUT2D eigenvalue weighted by molar-refractivity contribution is -0.138. The second-order valence-electron chi connectivity index (χ2n) is 1.86. The van der Waals surface area contributed by atoms with E-state index in [0.717, 1.165) is 0 Å². The van der Waals surface area contributed by atoms with Crippen LogP contribution >= 0.6 is 15.9 Å². The maximum Gasteiger partial charge on any atom is 0.334 e. The predicted octanol–water partition coefficient (Wildman–Crippen LogP) is 1.89. The van der Waals surface area contributed by atoms with Crippen molar-refractivity contribution in [2.45, 2.75) is 18.7 Å². The second kappa shape index (κ2) is 4.50. The summed E-state index contributed by atoms with van der Waals surface area (Å²) < 4.78 is 4.70. The molecular weight excluding hydrogens is 196 g/mol. The van der Waals surface area contributed by atoms with E-state index in [1.807, 2.05) is 6.92 Å². The summed E-state index contributed by atoms with van der Waals surface area (Å²) in [7, 11) is 0. The van der Waals surface area contributed by atoms with Crippen LogP contribution in [0.25, 0.3) is 0 Å². The number of halogens is 1. The van der Waals surface area contributed by atoms with Gasteiger partial charge in [0, 0.05) is 10.4 Å². The lowest BCUT2D eigenvalue weighted by Crippen LogP contribution is -2.12. The van der Waals surface area contributed by atoms with Crippen molar-refractivity contribution in [3.8, 4) is 0 Å². The van der Waals surface area contributed by atoms with Gasteiger partial charge in [0.25, 0.3) is 0 Å². The van der Waals surface area contributed by atoms with E-state index < -0.39 is 0 Å². The Labute approximate surface area is 69.4 Å². The van der Waals surface area contributed by atoms with Crippen LogP contribution in [0.2, 0.25) is 0 Å². The van der Waals surface area contributed by atoms with E-state index in [9.17, 15) is 4.79 Å². The third-order valence-electron chi connectivity index (χ3n) is 1.02. The zero-order chi connectivity index (χ0) is 8.15. The first-order valence-corrected chi connectivity index (χ1v) is 4.01. The van der Waals surface area contributed by atoms with Crippen LogP contribution in [-0.2, 0) is 9.53 Å². The molecule has 0 saturated carbocycles. The molecule has 0 bridgehead atoms. The first kappa shape index (κ1) is 9.69. The van der Waals surface area contributed by atoms with Gasteiger partial charge in [-0.15, -0.1) is 0 Å². The van der Waals surface area contributed by atoms with Gasteiger partial charge in [0.05, 0.1) is 6.61 Å². The number of hydrogen-bond acceptors (Lipinski definition) is 2. The van der Waals surface area contributed by atoms with E-state index in [2.05, 4.69) is 22.5 Å². The van der Waals surface area contributed by atoms with Gasteiger partial charge in [0.15, 0.2) is 0 Å². The standard InChI is InChI=1S/C7H11BrO2/c1-4-10-7(9)5(2)6(3)8/h6H,2,4H2,1,3H3. The molecule has 2 nitrogen and oxygen atoms in total. The number of rotatable bonds is 3. The van der Waals surface area contributed by atoms with Crippen LogP contribution in [0.5, 0.6) is 0 Å². The van der Waals surface area contributed by atoms with Gasteiger partial charge in [0.2, 0.25) is 0 Å². The minimum Gasteiger partial charge on any atom is -0.463 e. The molecule has 0 saturated heterocycles. The third kappa shape index (κ3) is 3.01. The lowest BCUT2D eigenvalue weighted by Gasteiger charge is -2.05. The molecule has 0 fully saturated rings. The molecule has 0 aliphatic rings. The van der Waals surface area contributed by atoms with Crippen LogP contribution in [-0.4, -0.2) is 17.4 Å². The Kier molecular flexibility index (Phi) is 4.36. The van der Waals surface area contributed by atoms with Gasteiger partial charge < -0.3 is 4.74 Å². The highest BCUT2D eigenvalue weighted by atomic mass is 79.9. The number of esters is 1. The molecule has 0 heterocycles. The Balaban J connectivity index is 3.83. The number of ether oxygens (including phenoxy) is 1. The summed E-state index contributed by atoms with van der Waals surface area (Å²) in [6, 6.07) is 0. The largest absolute Gasteiger partial charge is 0.463 e. The summed E-state index contributed by atoms with van der Waals surface area (Å²) in [5.74, 6) is -0.327. The molecule has 58 valence electrons. The Hall–Kier alpha value is -0.310. The summed E-state index contributed by atoms with van der Waals surface area (Å²) in [6.45, 7) is 7.55. The highest BCUT2D eigenvalue weighted by Gasteiger charge is 2.11. The van der Waals surface area contributed by atoms with E-state index in [1.165, 1.54) is 0 Å². The maximum absolute atomic E-state index is 10.8. The minimum absolute atomic E-state index is 0.00782. The predicted molar refractivity (Wildman–Crippen MR) is 44.2 cm³/mol. The summed E-state index contributed by atoms with van der Waals surface area (Å²) in [4.78, 5) is 10.8. The van der Waals surface area contributed by atoms with Crippen molar-refractivity contribution >= 4 is 21.9 Å². The van der Waals surface area contributed by atoms with Crippen LogP contribution in [0.3, 0.4) is 0 Å². The first-order valence-electron chi connectivity index (χ1n) is 3.09. The molecule has 0 amide bonds. The summed E-state index contributed by atoms with van der Waals surface area (Å²) in [6.07, 6.45) is 0. The topological polar surface area (TPSA) is 26.3 Å². The van der Waals surface area contributed by atoms with Crippen molar-refractivity contribution in [3.05, 3.63) is 12.2 Å². The Morgan fingerprint density at radius 2 is 2.30 bits per heavy atom. The van der Waals surface area contributed by atoms with Crippen molar-refractivity contribution in [1.82, 2.24) is 0 Å². The van der Waals surface area contributed by atoms with Crippen LogP contribution in [0, 0.1) is 0 Å². The van der Waals surface area contributed by atoms with Crippen molar-refractivity contribution in [3.63, 3.8) is 0 Å². The molecule has 0 aliphatic carbocycles. The fourth-order valence-electron chi connectivity index (χ4n) is 0.386. The maximum atomic E-state index is 10.8. The van der Waals surface area contributed by atoms with Gasteiger partial charge >= 0.3 is 5.97 Å². The fraction of sp³-hybridized carbons (Fsp3) is 0.571. The van der Waals surface area contributed by atoms with Gasteiger partial charge in [-0.2, -0.15) is 0 Å². The fourth-order valence-corrected chi connectivity index (χ4v) is 0.573. The Morgan fingerprint density at radius 1 is 1.80 bits per heavy atom. The van der Waals surface area contributed by atoms with Crippen molar-refractivity contribution in [2.24, 2.45) is 0 Å². The zero-order valence-electron chi connectivity index (χ0n) is 6.19. The Morgan fingerprint density at radius 3 is 2.60 bits per heavy atom. The van der Waals surface area contributed by atoms with Gasteiger partial charge in [-0.25, -0.2) is 4.79 Å². The summed E-state index contributed by atoms with van der Waals surface area (Å²) in [5.41, 5.74) is 0.460. The lowest BCUT2D eigenvalue weighted by atomic mass is 10.2. The van der Waals surface area contributed by atoms with Crippen molar-refractivity contribution in [1.29, 1.82) is 0 Å². The van der Waals surface area contributed by atoms with Gasteiger partial charge in [-0.3, -0.25) is 0 Å². The smallest absolute Gasteiger partial charge is 0.334 e. The van der Waals surface area contributed by atoms with E-state index in [4.69, 9.17) is 4.74 Å². The number of carbonyl (C=O) groups is 1. The monoisotopic (exact) mass is 206 g/mol. The second-order valence-corrected chi connectivity index (χ2v) is 3.24. The average Bonchev–Trinajstić information content (AvgIpc) is 1.87. The molecular formula is C7H11BrO2. The highest BCUT2D eigenvalue weighted by Crippen LogP contribution is 2.10. The SMILES string of the molecule is C=C(C(=O)OCC)C(C)Br. The molecule has 0 N–H and O–H groups in total. The van der Waals surface area contributed by atoms with Crippen molar-refractivity contribution in [2.75, 3.05) is 6.61 Å². The molecule has 1 atom stereocenters. The van der Waals surface area contributed by atoms with Crippen LogP contribution in [0.15, 0.2) is 12.2 Å². The van der Waals surface area contributed by atoms with Gasteiger partial charge in [0.1, 0.15) is 0 Å². The molecule has 10 heavy (non-hydrogen) atoms. The Bertz CT molecular complexity index is 141. The van der Waals surface area contributed by atoms with Crippen molar-refractivity contribution < 1.29 is 9.53 Å². The molecule has 0 rings (SSSR count). The molecule has 1 unspecified atom stereocenters. The normalized spacial score (nSPS) is 12.3. The molecule has 3 heteroatoms. The van der Waals surface area contributed by atoms with E-state index in [0.29, 0.717) is 12.2 Å². The van der Waals surface area contributed by atoms with Crippen LogP contribution in [0.4, 0.5) is 0 Å². The number of alkyl halides is 1. The summed E-state index contributed by atoms with van der Waals surface area (Å²) >= 11 is 3.21. The average molecular weight is 207 g/mol. The molecule has 0 aromatic rings. The number of hydrogen-bond donors (Lipinski definition) is 0. The molecule has 0 radical (unpaired) electrons. The molecule has 0 aliphatic heterocycles. The summed E-state index contributed by atoms with van der Waals surface area (Å²) in [5, 5.41) is 0. The van der Waals surface area contributed by atoms with Gasteiger partial charge in [-0.1, -0.05) is 22.5 Å². The zero-order valence-corrected chi connectivity index (χ0v) is 7.77. The quantitative estimate of drug-likeness (QED) is 0.401. The molecule has 0 aromatic heterocycles. The van der Waals surface area contributed by atoms with Crippen LogP contribution < -0.4 is 0 Å². The highest BCUT2D eigenvalue weighted by molar-refractivity contribution is 9.09. The molecule has 0 aromatic carbocycles. The number of carbonyl (C=O) groups excluding carboxylic acids is 1. The van der Waals surface area contributed by atoms with Gasteiger partial charge in [-0.05, 0) is 13.8 Å².